The first-order chi connectivity index (χ1) is 17.7. The molecule has 198 valence electrons. The Morgan fingerprint density at radius 1 is 1.08 bits per heavy atom. The first-order valence-electron chi connectivity index (χ1n) is 12.0. The van der Waals surface area contributed by atoms with Gasteiger partial charge in [0, 0.05) is 44.5 Å². The molecule has 3 heterocycles. The molecule has 0 spiro atoms. The fourth-order valence-electron chi connectivity index (χ4n) is 4.24. The van der Waals surface area contributed by atoms with Crippen molar-refractivity contribution in [1.29, 1.82) is 0 Å². The number of hydrogen-bond donors (Lipinski definition) is 4. The summed E-state index contributed by atoms with van der Waals surface area (Å²) >= 11 is 0. The van der Waals surface area contributed by atoms with Crippen LogP contribution in [0.4, 0.5) is 24.5 Å². The zero-order valence-corrected chi connectivity index (χ0v) is 20.4. The van der Waals surface area contributed by atoms with Crippen LogP contribution in [0.25, 0.3) is 5.57 Å². The third-order valence-corrected chi connectivity index (χ3v) is 6.32. The zero-order chi connectivity index (χ0) is 26.6. The number of alkyl halides is 3. The van der Waals surface area contributed by atoms with Gasteiger partial charge in [-0.25, -0.2) is 9.97 Å². The SMILES string of the molecule is CCN1CCN(CCCNC(=O)c2ccc3c(c2)N/C(=C(/C(N)=O)c2nccc(C(F)(F)F)n2)N3)CC1. The van der Waals surface area contributed by atoms with Gasteiger partial charge in [0.05, 0.1) is 11.4 Å². The van der Waals surface area contributed by atoms with Crippen molar-refractivity contribution in [2.45, 2.75) is 19.5 Å². The number of piperazine rings is 1. The van der Waals surface area contributed by atoms with Crippen molar-refractivity contribution in [1.82, 2.24) is 25.1 Å². The summed E-state index contributed by atoms with van der Waals surface area (Å²) in [5.74, 6) is -1.72. The molecule has 0 unspecified atom stereocenters. The van der Waals surface area contributed by atoms with Crippen molar-refractivity contribution in [2.75, 3.05) is 56.4 Å². The number of likely N-dealkylation sites (N-methyl/N-ethyl adjacent to an activating group) is 1. The summed E-state index contributed by atoms with van der Waals surface area (Å²) in [5.41, 5.74) is 5.28. The minimum Gasteiger partial charge on any atom is -0.365 e. The maximum Gasteiger partial charge on any atom is 0.433 e. The van der Waals surface area contributed by atoms with E-state index in [1.54, 1.807) is 18.2 Å². The molecule has 0 atom stereocenters. The van der Waals surface area contributed by atoms with Crippen LogP contribution < -0.4 is 21.7 Å². The lowest BCUT2D eigenvalue weighted by Crippen LogP contribution is -2.46. The highest BCUT2D eigenvalue weighted by Gasteiger charge is 2.34. The van der Waals surface area contributed by atoms with Gasteiger partial charge >= 0.3 is 6.18 Å². The quantitative estimate of drug-likeness (QED) is 0.308. The van der Waals surface area contributed by atoms with Crippen LogP contribution in [0, 0.1) is 0 Å². The average molecular weight is 519 g/mol. The molecular weight excluding hydrogens is 489 g/mol. The van der Waals surface area contributed by atoms with E-state index in [9.17, 15) is 22.8 Å². The van der Waals surface area contributed by atoms with Gasteiger partial charge in [0.1, 0.15) is 17.1 Å². The highest BCUT2D eigenvalue weighted by atomic mass is 19.4. The topological polar surface area (TPSA) is 129 Å². The van der Waals surface area contributed by atoms with Gasteiger partial charge in [-0.2, -0.15) is 13.2 Å². The number of amides is 2. The molecule has 2 amide bonds. The van der Waals surface area contributed by atoms with Gasteiger partial charge < -0.3 is 31.5 Å². The summed E-state index contributed by atoms with van der Waals surface area (Å²) in [4.78, 5) is 36.8. The molecule has 0 aliphatic carbocycles. The van der Waals surface area contributed by atoms with Crippen LogP contribution in [0.1, 0.15) is 35.2 Å². The summed E-state index contributed by atoms with van der Waals surface area (Å²) < 4.78 is 39.2. The highest BCUT2D eigenvalue weighted by Crippen LogP contribution is 2.34. The van der Waals surface area contributed by atoms with Crippen molar-refractivity contribution in [2.24, 2.45) is 5.73 Å². The number of halogens is 3. The smallest absolute Gasteiger partial charge is 0.365 e. The fraction of sp³-hybridized carbons (Fsp3) is 0.417. The second-order valence-corrected chi connectivity index (χ2v) is 8.77. The fourth-order valence-corrected chi connectivity index (χ4v) is 4.24. The molecule has 2 aliphatic heterocycles. The Balaban J connectivity index is 1.39. The van der Waals surface area contributed by atoms with Gasteiger partial charge in [-0.05, 0) is 43.8 Å². The number of nitrogens with two attached hydrogens (primary N) is 1. The summed E-state index contributed by atoms with van der Waals surface area (Å²) in [6.07, 6.45) is -2.98. The maximum absolute atomic E-state index is 13.1. The first-order valence-corrected chi connectivity index (χ1v) is 12.0. The van der Waals surface area contributed by atoms with Gasteiger partial charge in [0.25, 0.3) is 11.8 Å². The van der Waals surface area contributed by atoms with Gasteiger partial charge in [-0.1, -0.05) is 6.92 Å². The van der Waals surface area contributed by atoms with Crippen molar-refractivity contribution in [3.8, 4) is 0 Å². The number of carbonyl (C=O) groups is 2. The molecule has 10 nitrogen and oxygen atoms in total. The molecule has 0 bridgehead atoms. The Kier molecular flexibility index (Phi) is 7.93. The minimum atomic E-state index is -4.71. The number of nitrogens with zero attached hydrogens (tertiary/aromatic N) is 4. The Labute approximate surface area is 212 Å². The second kappa shape index (κ2) is 11.1. The van der Waals surface area contributed by atoms with Gasteiger partial charge in [-0.15, -0.1) is 0 Å². The molecule has 1 saturated heterocycles. The van der Waals surface area contributed by atoms with Crippen LogP contribution in [0.3, 0.4) is 0 Å². The normalized spacial score (nSPS) is 17.5. The summed E-state index contributed by atoms with van der Waals surface area (Å²) in [6, 6.07) is 5.53. The van der Waals surface area contributed by atoms with E-state index in [1.165, 1.54) is 0 Å². The Morgan fingerprint density at radius 2 is 1.78 bits per heavy atom. The van der Waals surface area contributed by atoms with Crippen molar-refractivity contribution >= 4 is 28.8 Å². The molecule has 1 aromatic carbocycles. The molecule has 4 rings (SSSR count). The molecule has 0 saturated carbocycles. The third-order valence-electron chi connectivity index (χ3n) is 6.32. The number of rotatable bonds is 8. The molecule has 2 aliphatic rings. The van der Waals surface area contributed by atoms with Gasteiger partial charge in [0.15, 0.2) is 5.82 Å². The number of primary amides is 1. The average Bonchev–Trinajstić information content (AvgIpc) is 3.29. The third kappa shape index (κ3) is 6.35. The predicted molar refractivity (Wildman–Crippen MR) is 132 cm³/mol. The number of aromatic nitrogens is 2. The summed E-state index contributed by atoms with van der Waals surface area (Å²) in [5, 5.41) is 8.71. The Hall–Kier alpha value is -3.71. The maximum atomic E-state index is 13.1. The molecular formula is C24H29F3N8O2. The largest absolute Gasteiger partial charge is 0.433 e. The molecule has 5 N–H and O–H groups in total. The van der Waals surface area contributed by atoms with E-state index in [0.717, 1.165) is 51.9 Å². The lowest BCUT2D eigenvalue weighted by molar-refractivity contribution is -0.141. The van der Waals surface area contributed by atoms with E-state index in [2.05, 4.69) is 42.6 Å². The lowest BCUT2D eigenvalue weighted by atomic mass is 10.1. The predicted octanol–water partition coefficient (Wildman–Crippen LogP) is 1.94. The van der Waals surface area contributed by atoms with E-state index in [-0.39, 0.29) is 17.3 Å². The van der Waals surface area contributed by atoms with Crippen LogP contribution in [0.2, 0.25) is 0 Å². The van der Waals surface area contributed by atoms with E-state index < -0.39 is 23.6 Å². The van der Waals surface area contributed by atoms with Crippen molar-refractivity contribution < 1.29 is 22.8 Å². The monoisotopic (exact) mass is 518 g/mol. The number of hydrogen-bond acceptors (Lipinski definition) is 8. The molecule has 1 aromatic heterocycles. The van der Waals surface area contributed by atoms with Crippen LogP contribution >= 0.6 is 0 Å². The van der Waals surface area contributed by atoms with Crippen LogP contribution in [0.5, 0.6) is 0 Å². The molecule has 13 heteroatoms. The Bertz CT molecular complexity index is 1190. The highest BCUT2D eigenvalue weighted by molar-refractivity contribution is 6.20. The molecule has 0 radical (unpaired) electrons. The Morgan fingerprint density at radius 3 is 2.46 bits per heavy atom. The summed E-state index contributed by atoms with van der Waals surface area (Å²) in [6.45, 7) is 8.84. The summed E-state index contributed by atoms with van der Waals surface area (Å²) in [7, 11) is 0. The van der Waals surface area contributed by atoms with E-state index in [1.807, 2.05) is 0 Å². The van der Waals surface area contributed by atoms with Gasteiger partial charge in [-0.3, -0.25) is 9.59 Å². The molecule has 1 fully saturated rings. The van der Waals surface area contributed by atoms with E-state index in [4.69, 9.17) is 5.73 Å². The van der Waals surface area contributed by atoms with Crippen molar-refractivity contribution in [3.63, 3.8) is 0 Å². The minimum absolute atomic E-state index is 0.0301. The second-order valence-electron chi connectivity index (χ2n) is 8.77. The van der Waals surface area contributed by atoms with E-state index in [0.29, 0.717) is 29.5 Å². The van der Waals surface area contributed by atoms with Crippen LogP contribution in [-0.2, 0) is 11.0 Å². The van der Waals surface area contributed by atoms with Crippen molar-refractivity contribution in [3.05, 3.63) is 53.4 Å². The molecule has 37 heavy (non-hydrogen) atoms. The first kappa shape index (κ1) is 26.4. The van der Waals surface area contributed by atoms with Gasteiger partial charge in [0.2, 0.25) is 0 Å². The number of benzene rings is 1. The molecule has 2 aromatic rings. The number of carbonyl (C=O) groups excluding carboxylic acids is 2. The van der Waals surface area contributed by atoms with E-state index >= 15 is 0 Å². The standard InChI is InChI=1S/C24H29F3N8O2/c1-2-34-10-12-35(13-11-34)9-3-7-30-23(37)15-4-5-16-17(14-15)32-22(31-16)19(20(28)36)21-29-8-6-18(33-21)24(25,26)27/h4-6,8,14,31-32H,2-3,7,9-13H2,1H3,(H2,28,36)(H,30,37)/b22-19-. The zero-order valence-electron chi connectivity index (χ0n) is 20.4. The number of nitrogens with one attached hydrogen (secondary N) is 3. The van der Waals surface area contributed by atoms with Crippen LogP contribution in [0.15, 0.2) is 36.3 Å². The number of anilines is 2. The number of fused-ring (bicyclic) bond motifs is 1. The lowest BCUT2D eigenvalue weighted by Gasteiger charge is -2.33. The van der Waals surface area contributed by atoms with Crippen LogP contribution in [-0.4, -0.2) is 77.4 Å².